The van der Waals surface area contributed by atoms with Crippen LogP contribution in [0.5, 0.6) is 0 Å². The Morgan fingerprint density at radius 3 is 3.25 bits per heavy atom. The average Bonchev–Trinajstić information content (AvgIpc) is 2.97. The molecule has 2 aliphatic rings. The molecule has 1 aromatic carbocycles. The van der Waals surface area contributed by atoms with Gasteiger partial charge >= 0.3 is 124 Å². The third kappa shape index (κ3) is 2.77. The molecule has 0 saturated carbocycles. The summed E-state index contributed by atoms with van der Waals surface area (Å²) in [4.78, 5) is 12.4. The van der Waals surface area contributed by atoms with Crippen LogP contribution in [-0.2, 0) is 4.79 Å². The van der Waals surface area contributed by atoms with Crippen LogP contribution in [-0.4, -0.2) is 33.1 Å². The molecule has 1 amide bonds. The van der Waals surface area contributed by atoms with Crippen molar-refractivity contribution in [3.63, 3.8) is 0 Å². The number of hydrogen-bond donors (Lipinski definition) is 2. The van der Waals surface area contributed by atoms with Crippen molar-refractivity contribution in [1.82, 2.24) is 5.32 Å². The Kier molecular flexibility index (Phi) is 4.15. The zero-order chi connectivity index (χ0) is 13.9. The zero-order valence-corrected chi connectivity index (χ0v) is 13.1. The molecule has 2 aliphatic heterocycles. The first-order chi connectivity index (χ1) is 9.78. The van der Waals surface area contributed by atoms with Crippen LogP contribution in [0.2, 0.25) is 0 Å². The van der Waals surface area contributed by atoms with E-state index < -0.39 is 0 Å². The van der Waals surface area contributed by atoms with Crippen LogP contribution < -0.4 is 10.6 Å². The number of carbonyl (C=O) groups is 1. The van der Waals surface area contributed by atoms with E-state index in [1.165, 1.54) is 0 Å². The molecule has 2 heterocycles. The molecule has 0 radical (unpaired) electrons. The van der Waals surface area contributed by atoms with Gasteiger partial charge in [-0.3, -0.25) is 0 Å². The standard InChI is InChI=1S/C14H18N4OSe/c1-2-9-6-7-15-12(8-9)14(19)16-10-4-3-5-11-13(10)18-20-17-11/h3-5,9,12,15H,2,6-8H2,1H3,(H,16,19). The molecule has 0 bridgehead atoms. The topological polar surface area (TPSA) is 65.8 Å². The molecular weight excluding hydrogens is 319 g/mol. The first-order valence-corrected chi connectivity index (χ1v) is 8.56. The summed E-state index contributed by atoms with van der Waals surface area (Å²) < 4.78 is 8.72. The Morgan fingerprint density at radius 2 is 2.40 bits per heavy atom. The Morgan fingerprint density at radius 1 is 1.50 bits per heavy atom. The molecule has 0 spiro atoms. The molecule has 1 fully saturated rings. The number of piperidine rings is 1. The van der Waals surface area contributed by atoms with Crippen LogP contribution in [0, 0.1) is 5.92 Å². The summed E-state index contributed by atoms with van der Waals surface area (Å²) >= 11 is -0.0699. The van der Waals surface area contributed by atoms with E-state index in [2.05, 4.69) is 25.5 Å². The zero-order valence-electron chi connectivity index (χ0n) is 11.4. The van der Waals surface area contributed by atoms with Gasteiger partial charge in [0.05, 0.1) is 0 Å². The van der Waals surface area contributed by atoms with E-state index >= 15 is 0 Å². The van der Waals surface area contributed by atoms with Crippen LogP contribution >= 0.6 is 0 Å². The third-order valence-corrected chi connectivity index (χ3v) is 5.09. The van der Waals surface area contributed by atoms with Gasteiger partial charge in [0.2, 0.25) is 0 Å². The fourth-order valence-electron chi connectivity index (χ4n) is 2.69. The van der Waals surface area contributed by atoms with Gasteiger partial charge in [-0.1, -0.05) is 0 Å². The van der Waals surface area contributed by atoms with Crippen molar-refractivity contribution in [3.8, 4) is 0 Å². The third-order valence-electron chi connectivity index (χ3n) is 3.95. The van der Waals surface area contributed by atoms with Crippen molar-refractivity contribution in [2.24, 2.45) is 13.8 Å². The van der Waals surface area contributed by atoms with Gasteiger partial charge in [-0.05, 0) is 0 Å². The normalized spacial score (nSPS) is 24.1. The molecule has 106 valence electrons. The van der Waals surface area contributed by atoms with Gasteiger partial charge in [-0.25, -0.2) is 0 Å². The molecule has 20 heavy (non-hydrogen) atoms. The predicted octanol–water partition coefficient (Wildman–Crippen LogP) is 2.75. The van der Waals surface area contributed by atoms with E-state index in [0.717, 1.165) is 42.9 Å². The molecular formula is C14H18N4OSe. The fourth-order valence-corrected chi connectivity index (χ4v) is 3.85. The van der Waals surface area contributed by atoms with Crippen molar-refractivity contribution < 1.29 is 4.79 Å². The second kappa shape index (κ2) is 6.04. The number of nitrogens with one attached hydrogen (secondary N) is 2. The van der Waals surface area contributed by atoms with Crippen molar-refractivity contribution in [2.45, 2.75) is 32.2 Å². The van der Waals surface area contributed by atoms with E-state index in [0.29, 0.717) is 5.92 Å². The van der Waals surface area contributed by atoms with E-state index in [-0.39, 0.29) is 26.5 Å². The predicted molar refractivity (Wildman–Crippen MR) is 79.8 cm³/mol. The molecule has 5 nitrogen and oxygen atoms in total. The molecule has 0 aliphatic carbocycles. The van der Waals surface area contributed by atoms with E-state index in [9.17, 15) is 4.79 Å². The maximum atomic E-state index is 12.4. The van der Waals surface area contributed by atoms with Crippen LogP contribution in [0.25, 0.3) is 0 Å². The van der Waals surface area contributed by atoms with Crippen molar-refractivity contribution >= 4 is 37.5 Å². The van der Waals surface area contributed by atoms with Crippen molar-refractivity contribution in [2.75, 3.05) is 11.9 Å². The molecule has 2 N–H and O–H groups in total. The van der Waals surface area contributed by atoms with Gasteiger partial charge in [0.1, 0.15) is 0 Å². The van der Waals surface area contributed by atoms with Gasteiger partial charge in [-0.2, -0.15) is 0 Å². The molecule has 1 aromatic rings. The Bertz CT molecular complexity index is 595. The monoisotopic (exact) mass is 338 g/mol. The summed E-state index contributed by atoms with van der Waals surface area (Å²) in [7, 11) is 0. The summed E-state index contributed by atoms with van der Waals surface area (Å²) in [5.74, 6) is 0.697. The van der Waals surface area contributed by atoms with Crippen LogP contribution in [0.4, 0.5) is 17.1 Å². The van der Waals surface area contributed by atoms with E-state index in [1.807, 2.05) is 18.2 Å². The summed E-state index contributed by atoms with van der Waals surface area (Å²) in [6.45, 7) is 3.11. The van der Waals surface area contributed by atoms with Crippen LogP contribution in [0.1, 0.15) is 26.2 Å². The summed E-state index contributed by atoms with van der Waals surface area (Å²) in [6, 6.07) is 5.67. The van der Waals surface area contributed by atoms with E-state index in [4.69, 9.17) is 0 Å². The second-order valence-corrected chi connectivity index (χ2v) is 6.34. The summed E-state index contributed by atoms with van der Waals surface area (Å²) in [5.41, 5.74) is 2.52. The molecule has 3 rings (SSSR count). The first-order valence-electron chi connectivity index (χ1n) is 7.03. The summed E-state index contributed by atoms with van der Waals surface area (Å²) in [5, 5.41) is 6.32. The van der Waals surface area contributed by atoms with E-state index in [1.54, 1.807) is 0 Å². The Hall–Kier alpha value is -1.23. The summed E-state index contributed by atoms with van der Waals surface area (Å²) in [6.07, 6.45) is 3.23. The molecule has 0 aromatic heterocycles. The quantitative estimate of drug-likeness (QED) is 0.846. The number of rotatable bonds is 3. The number of carbonyl (C=O) groups excluding carboxylic acids is 1. The maximum absolute atomic E-state index is 12.4. The number of benzene rings is 1. The van der Waals surface area contributed by atoms with Gasteiger partial charge in [0, 0.05) is 0 Å². The average molecular weight is 337 g/mol. The minimum atomic E-state index is -0.0894. The first kappa shape index (κ1) is 13.7. The van der Waals surface area contributed by atoms with Crippen molar-refractivity contribution in [1.29, 1.82) is 0 Å². The van der Waals surface area contributed by atoms with Gasteiger partial charge < -0.3 is 0 Å². The van der Waals surface area contributed by atoms with Crippen LogP contribution in [0.3, 0.4) is 0 Å². The number of fused-ring (bicyclic) bond motifs is 1. The van der Waals surface area contributed by atoms with Gasteiger partial charge in [0.15, 0.2) is 0 Å². The second-order valence-electron chi connectivity index (χ2n) is 5.23. The molecule has 6 heteroatoms. The number of nitrogens with zero attached hydrogens (tertiary/aromatic N) is 2. The fraction of sp³-hybridized carbons (Fsp3) is 0.500. The number of amides is 1. The number of anilines is 1. The van der Waals surface area contributed by atoms with Gasteiger partial charge in [-0.15, -0.1) is 0 Å². The molecule has 1 saturated heterocycles. The number of hydrogen-bond acceptors (Lipinski definition) is 4. The Balaban J connectivity index is 1.71. The van der Waals surface area contributed by atoms with Crippen molar-refractivity contribution in [3.05, 3.63) is 18.2 Å². The van der Waals surface area contributed by atoms with Gasteiger partial charge in [0.25, 0.3) is 0 Å². The minimum absolute atomic E-state index is 0.0474. The Labute approximate surface area is 124 Å². The molecule has 2 unspecified atom stereocenters. The van der Waals surface area contributed by atoms with Crippen LogP contribution in [0.15, 0.2) is 26.1 Å². The molecule has 2 atom stereocenters. The SMILES string of the molecule is CCC1CCNC(C(=O)Nc2cccc3c2N=[Se]=N3)C1.